The SMILES string of the molecule is COC1CCN(C(=O)Nc2ccc(F)c(-c3nc4ncc(-c5ccccc5)cn4n3)c2)C1. The van der Waals surface area contributed by atoms with E-state index in [9.17, 15) is 9.18 Å². The maximum Gasteiger partial charge on any atom is 0.321 e. The van der Waals surface area contributed by atoms with E-state index in [1.165, 1.54) is 22.7 Å². The zero-order valence-electron chi connectivity index (χ0n) is 17.4. The first kappa shape index (κ1) is 20.1. The molecule has 5 rings (SSSR count). The Balaban J connectivity index is 1.41. The summed E-state index contributed by atoms with van der Waals surface area (Å²) >= 11 is 0. The lowest BCUT2D eigenvalue weighted by Crippen LogP contribution is -2.33. The molecular weight excluding hydrogens is 411 g/mol. The molecule has 2 aromatic carbocycles. The van der Waals surface area contributed by atoms with Crippen molar-refractivity contribution >= 4 is 17.5 Å². The van der Waals surface area contributed by atoms with Crippen LogP contribution in [0.3, 0.4) is 0 Å². The van der Waals surface area contributed by atoms with Gasteiger partial charge in [0.25, 0.3) is 5.78 Å². The van der Waals surface area contributed by atoms with Gasteiger partial charge in [0.15, 0.2) is 5.82 Å². The molecule has 3 heterocycles. The Morgan fingerprint density at radius 2 is 2.03 bits per heavy atom. The van der Waals surface area contributed by atoms with Crippen LogP contribution in [0.15, 0.2) is 60.9 Å². The maximum atomic E-state index is 14.6. The monoisotopic (exact) mass is 432 g/mol. The first-order valence-electron chi connectivity index (χ1n) is 10.3. The second-order valence-corrected chi connectivity index (χ2v) is 7.61. The van der Waals surface area contributed by atoms with Crippen LogP contribution in [0.25, 0.3) is 28.3 Å². The van der Waals surface area contributed by atoms with Gasteiger partial charge in [-0.15, -0.1) is 5.10 Å². The molecular formula is C23H21FN6O2. The number of halogens is 1. The van der Waals surface area contributed by atoms with Crippen LogP contribution in [-0.2, 0) is 4.74 Å². The third-order valence-electron chi connectivity index (χ3n) is 5.52. The number of methoxy groups -OCH3 is 1. The van der Waals surface area contributed by atoms with Gasteiger partial charge in [-0.2, -0.15) is 4.98 Å². The number of amides is 2. The second kappa shape index (κ2) is 8.35. The van der Waals surface area contributed by atoms with Crippen LogP contribution in [0.5, 0.6) is 0 Å². The number of aromatic nitrogens is 4. The Bertz CT molecular complexity index is 1280. The second-order valence-electron chi connectivity index (χ2n) is 7.61. The number of urea groups is 1. The highest BCUT2D eigenvalue weighted by Gasteiger charge is 2.26. The van der Waals surface area contributed by atoms with Crippen molar-refractivity contribution in [2.75, 3.05) is 25.5 Å². The molecule has 1 N–H and O–H groups in total. The van der Waals surface area contributed by atoms with Gasteiger partial charge in [0.1, 0.15) is 5.82 Å². The smallest absolute Gasteiger partial charge is 0.321 e. The lowest BCUT2D eigenvalue weighted by molar-refractivity contribution is 0.111. The van der Waals surface area contributed by atoms with Gasteiger partial charge >= 0.3 is 6.03 Å². The molecule has 0 saturated carbocycles. The minimum absolute atomic E-state index is 0.0416. The molecule has 2 amide bonds. The lowest BCUT2D eigenvalue weighted by Gasteiger charge is -2.17. The van der Waals surface area contributed by atoms with Crippen LogP contribution in [0.2, 0.25) is 0 Å². The Morgan fingerprint density at radius 3 is 2.81 bits per heavy atom. The number of fused-ring (bicyclic) bond motifs is 1. The van der Waals surface area contributed by atoms with Gasteiger partial charge in [-0.3, -0.25) is 0 Å². The molecule has 32 heavy (non-hydrogen) atoms. The van der Waals surface area contributed by atoms with Crippen molar-refractivity contribution < 1.29 is 13.9 Å². The summed E-state index contributed by atoms with van der Waals surface area (Å²) in [5, 5.41) is 7.23. The molecule has 1 unspecified atom stereocenters. The third kappa shape index (κ3) is 3.90. The number of rotatable bonds is 4. The van der Waals surface area contributed by atoms with Crippen molar-refractivity contribution in [3.63, 3.8) is 0 Å². The average molecular weight is 432 g/mol. The zero-order chi connectivity index (χ0) is 22.1. The topological polar surface area (TPSA) is 84.6 Å². The molecule has 1 aliphatic heterocycles. The van der Waals surface area contributed by atoms with Crippen molar-refractivity contribution in [3.05, 3.63) is 66.7 Å². The van der Waals surface area contributed by atoms with E-state index < -0.39 is 5.82 Å². The van der Waals surface area contributed by atoms with Crippen LogP contribution in [0.4, 0.5) is 14.9 Å². The summed E-state index contributed by atoms with van der Waals surface area (Å²) in [5.41, 5.74) is 2.51. The Morgan fingerprint density at radius 1 is 1.19 bits per heavy atom. The minimum atomic E-state index is -0.484. The largest absolute Gasteiger partial charge is 0.380 e. The van der Waals surface area contributed by atoms with Crippen LogP contribution in [0.1, 0.15) is 6.42 Å². The molecule has 0 bridgehead atoms. The predicted molar refractivity (Wildman–Crippen MR) is 118 cm³/mol. The molecule has 4 aromatic rings. The fourth-order valence-electron chi connectivity index (χ4n) is 3.76. The fraction of sp³-hybridized carbons (Fsp3) is 0.217. The van der Waals surface area contributed by atoms with Crippen LogP contribution >= 0.6 is 0 Å². The van der Waals surface area contributed by atoms with Crippen LogP contribution < -0.4 is 5.32 Å². The summed E-state index contributed by atoms with van der Waals surface area (Å²) in [4.78, 5) is 22.9. The summed E-state index contributed by atoms with van der Waals surface area (Å²) in [7, 11) is 1.64. The van der Waals surface area contributed by atoms with Gasteiger partial charge in [-0.05, 0) is 30.2 Å². The number of ether oxygens (including phenoxy) is 1. The highest BCUT2D eigenvalue weighted by Crippen LogP contribution is 2.25. The van der Waals surface area contributed by atoms with Crippen molar-refractivity contribution in [3.8, 4) is 22.5 Å². The Hall–Kier alpha value is -3.85. The fourth-order valence-corrected chi connectivity index (χ4v) is 3.76. The summed E-state index contributed by atoms with van der Waals surface area (Å²) in [6, 6.07) is 13.9. The number of hydrogen-bond donors (Lipinski definition) is 1. The van der Waals surface area contributed by atoms with Crippen molar-refractivity contribution in [1.29, 1.82) is 0 Å². The summed E-state index contributed by atoms with van der Waals surface area (Å²) in [6.45, 7) is 1.14. The highest BCUT2D eigenvalue weighted by molar-refractivity contribution is 5.90. The van der Waals surface area contributed by atoms with Crippen molar-refractivity contribution in [2.24, 2.45) is 0 Å². The first-order chi connectivity index (χ1) is 15.6. The van der Waals surface area contributed by atoms with Gasteiger partial charge in [0, 0.05) is 43.8 Å². The molecule has 162 valence electrons. The van der Waals surface area contributed by atoms with Gasteiger partial charge in [-0.1, -0.05) is 30.3 Å². The van der Waals surface area contributed by atoms with E-state index in [-0.39, 0.29) is 23.5 Å². The Kier molecular flexibility index (Phi) is 5.24. The lowest BCUT2D eigenvalue weighted by atomic mass is 10.1. The molecule has 1 aliphatic rings. The standard InChI is InChI=1S/C23H21FN6O2/c1-32-18-9-10-29(14-18)23(31)26-17-7-8-20(24)19(11-17)21-27-22-25-12-16(13-30(22)28-21)15-5-3-2-4-6-15/h2-8,11-13,18H,9-10,14H2,1H3,(H,26,31). The summed E-state index contributed by atoms with van der Waals surface area (Å²) < 4.78 is 21.4. The number of anilines is 1. The van der Waals surface area contributed by atoms with Crippen molar-refractivity contribution in [1.82, 2.24) is 24.5 Å². The number of carbonyl (C=O) groups is 1. The molecule has 0 aliphatic carbocycles. The third-order valence-corrected chi connectivity index (χ3v) is 5.52. The number of benzene rings is 2. The maximum absolute atomic E-state index is 14.6. The van der Waals surface area contributed by atoms with E-state index in [0.29, 0.717) is 24.6 Å². The van der Waals surface area contributed by atoms with E-state index in [4.69, 9.17) is 4.74 Å². The molecule has 1 fully saturated rings. The Labute approximate surface area is 183 Å². The summed E-state index contributed by atoms with van der Waals surface area (Å²) in [5.74, 6) is 0.0657. The van der Waals surface area contributed by atoms with Crippen LogP contribution in [0, 0.1) is 5.82 Å². The molecule has 0 spiro atoms. The van der Waals surface area contributed by atoms with Gasteiger partial charge in [0.05, 0.1) is 11.7 Å². The predicted octanol–water partition coefficient (Wildman–Crippen LogP) is 3.85. The number of nitrogens with one attached hydrogen (secondary N) is 1. The quantitative estimate of drug-likeness (QED) is 0.530. The van der Waals surface area contributed by atoms with Crippen molar-refractivity contribution in [2.45, 2.75) is 12.5 Å². The average Bonchev–Trinajstić information content (AvgIpc) is 3.47. The first-order valence-corrected chi connectivity index (χ1v) is 10.3. The van der Waals surface area contributed by atoms with Gasteiger partial charge in [-0.25, -0.2) is 18.7 Å². The van der Waals surface area contributed by atoms with E-state index in [2.05, 4.69) is 20.4 Å². The minimum Gasteiger partial charge on any atom is -0.380 e. The number of likely N-dealkylation sites (tertiary alicyclic amines) is 1. The van der Waals surface area contributed by atoms with E-state index in [1.807, 2.05) is 30.3 Å². The molecule has 8 nitrogen and oxygen atoms in total. The summed E-state index contributed by atoms with van der Waals surface area (Å²) in [6.07, 6.45) is 4.35. The van der Waals surface area contributed by atoms with E-state index in [0.717, 1.165) is 17.5 Å². The zero-order valence-corrected chi connectivity index (χ0v) is 17.4. The molecule has 1 atom stereocenters. The highest BCUT2D eigenvalue weighted by atomic mass is 19.1. The number of nitrogens with zero attached hydrogens (tertiary/aromatic N) is 5. The van der Waals surface area contributed by atoms with E-state index >= 15 is 0 Å². The van der Waals surface area contributed by atoms with Crippen LogP contribution in [-0.4, -0.2) is 56.8 Å². The number of hydrogen-bond acceptors (Lipinski definition) is 5. The number of carbonyl (C=O) groups excluding carboxylic acids is 1. The molecule has 9 heteroatoms. The normalized spacial score (nSPS) is 15.9. The molecule has 1 saturated heterocycles. The molecule has 0 radical (unpaired) electrons. The van der Waals surface area contributed by atoms with E-state index in [1.54, 1.807) is 24.4 Å². The van der Waals surface area contributed by atoms with Gasteiger partial charge < -0.3 is 15.0 Å². The van der Waals surface area contributed by atoms with Gasteiger partial charge in [0.2, 0.25) is 0 Å². The molecule has 2 aromatic heterocycles.